The molecule has 8 nitrogen and oxygen atoms in total. The summed E-state index contributed by atoms with van der Waals surface area (Å²) in [6.45, 7) is 2.04. The van der Waals surface area contributed by atoms with Gasteiger partial charge in [0.05, 0.1) is 25.8 Å². The van der Waals surface area contributed by atoms with Crippen LogP contribution in [0.2, 0.25) is 0 Å². The molecule has 2 N–H and O–H groups in total. The summed E-state index contributed by atoms with van der Waals surface area (Å²) in [6.07, 6.45) is 4.15. The number of hydrogen-bond acceptors (Lipinski definition) is 6. The third-order valence-electron chi connectivity index (χ3n) is 7.32. The predicted molar refractivity (Wildman–Crippen MR) is 154 cm³/mol. The molecule has 0 saturated heterocycles. The van der Waals surface area contributed by atoms with Crippen LogP contribution in [0.1, 0.15) is 44.2 Å². The first-order valence-corrected chi connectivity index (χ1v) is 13.5. The number of ether oxygens (including phenoxy) is 3. The van der Waals surface area contributed by atoms with Crippen LogP contribution in [0.5, 0.6) is 23.0 Å². The average Bonchev–Trinajstić information content (AvgIpc) is 3.80. The highest BCUT2D eigenvalue weighted by atomic mass is 19.1. The lowest BCUT2D eigenvalue weighted by Crippen LogP contribution is -2.41. The zero-order chi connectivity index (χ0) is 29.0. The Morgan fingerprint density at radius 2 is 1.61 bits per heavy atom. The van der Waals surface area contributed by atoms with Crippen LogP contribution in [-0.2, 0) is 9.59 Å². The highest BCUT2D eigenvalue weighted by molar-refractivity contribution is 6.13. The van der Waals surface area contributed by atoms with E-state index in [1.165, 1.54) is 24.3 Å². The van der Waals surface area contributed by atoms with Crippen LogP contribution >= 0.6 is 0 Å². The molecule has 1 unspecified atom stereocenters. The van der Waals surface area contributed by atoms with Gasteiger partial charge in [-0.05, 0) is 73.4 Å². The van der Waals surface area contributed by atoms with Crippen LogP contribution < -0.4 is 24.8 Å². The number of carbonyl (C=O) groups is 2. The number of amides is 2. The first-order chi connectivity index (χ1) is 19.9. The van der Waals surface area contributed by atoms with Gasteiger partial charge in [0.1, 0.15) is 22.7 Å². The number of methoxy groups -OCH3 is 2. The van der Waals surface area contributed by atoms with E-state index < -0.39 is 11.2 Å². The molecule has 1 fully saturated rings. The average molecular weight is 558 g/mol. The molecule has 5 rings (SSSR count). The second kappa shape index (κ2) is 11.8. The van der Waals surface area contributed by atoms with Gasteiger partial charge >= 0.3 is 0 Å². The largest absolute Gasteiger partial charge is 0.493 e. The van der Waals surface area contributed by atoms with Crippen molar-refractivity contribution in [2.75, 3.05) is 19.5 Å². The summed E-state index contributed by atoms with van der Waals surface area (Å²) in [4.78, 5) is 30.7. The number of nitrogens with one attached hydrogen (secondary N) is 2. The Labute approximate surface area is 237 Å². The highest BCUT2D eigenvalue weighted by Gasteiger charge is 2.56. The topological polar surface area (TPSA) is 98.8 Å². The lowest BCUT2D eigenvalue weighted by Gasteiger charge is -2.23. The van der Waals surface area contributed by atoms with Crippen molar-refractivity contribution >= 4 is 28.4 Å². The van der Waals surface area contributed by atoms with Gasteiger partial charge in [-0.2, -0.15) is 0 Å². The Bertz CT molecular complexity index is 1550. The second-order valence-electron chi connectivity index (χ2n) is 10.1. The lowest BCUT2D eigenvalue weighted by molar-refractivity contribution is -0.135. The van der Waals surface area contributed by atoms with Gasteiger partial charge in [0, 0.05) is 23.3 Å². The fourth-order valence-electron chi connectivity index (χ4n) is 4.81. The van der Waals surface area contributed by atoms with Gasteiger partial charge in [-0.3, -0.25) is 14.6 Å². The van der Waals surface area contributed by atoms with Crippen molar-refractivity contribution in [2.45, 2.75) is 38.6 Å². The summed E-state index contributed by atoms with van der Waals surface area (Å²) < 4.78 is 30.3. The van der Waals surface area contributed by atoms with Crippen molar-refractivity contribution in [2.24, 2.45) is 5.41 Å². The van der Waals surface area contributed by atoms with Gasteiger partial charge in [-0.15, -0.1) is 0 Å². The molecule has 9 heteroatoms. The van der Waals surface area contributed by atoms with E-state index in [0.29, 0.717) is 53.5 Å². The van der Waals surface area contributed by atoms with Gasteiger partial charge in [0.15, 0.2) is 11.5 Å². The van der Waals surface area contributed by atoms with E-state index >= 15 is 0 Å². The molecule has 212 valence electrons. The molecule has 1 atom stereocenters. The van der Waals surface area contributed by atoms with Crippen LogP contribution in [0.25, 0.3) is 10.9 Å². The molecular weight excluding hydrogens is 525 g/mol. The predicted octanol–water partition coefficient (Wildman–Crippen LogP) is 6.56. The maximum absolute atomic E-state index is 13.3. The molecular formula is C32H32FN3O5. The zero-order valence-corrected chi connectivity index (χ0v) is 23.2. The standard InChI is InChI=1S/C32H32FN3O5/c1-4-5-25(36-31(38)32(15-16-32)30(37)35-22-10-8-21(33)9-11-22)20-6-12-23(13-7-20)41-27-14-17-34-26-19-29(40-3)28(39-2)18-24(26)27/h6-14,17-19,25H,4-5,15-16H2,1-3H3,(H,35,37)(H,36,38). The van der Waals surface area contributed by atoms with Gasteiger partial charge < -0.3 is 24.8 Å². The molecule has 0 bridgehead atoms. The number of aromatic nitrogens is 1. The molecule has 1 aromatic heterocycles. The van der Waals surface area contributed by atoms with Gasteiger partial charge in [-0.1, -0.05) is 25.5 Å². The fraction of sp³-hybridized carbons (Fsp3) is 0.281. The van der Waals surface area contributed by atoms with Crippen molar-refractivity contribution in [1.29, 1.82) is 0 Å². The van der Waals surface area contributed by atoms with Crippen LogP contribution in [0.4, 0.5) is 10.1 Å². The molecule has 41 heavy (non-hydrogen) atoms. The first kappa shape index (κ1) is 27.9. The Hall–Kier alpha value is -4.66. The third-order valence-corrected chi connectivity index (χ3v) is 7.32. The fourth-order valence-corrected chi connectivity index (χ4v) is 4.81. The van der Waals surface area contributed by atoms with Gasteiger partial charge in [0.2, 0.25) is 11.8 Å². The Kier molecular flexibility index (Phi) is 8.05. The first-order valence-electron chi connectivity index (χ1n) is 13.5. The molecule has 1 aliphatic carbocycles. The smallest absolute Gasteiger partial charge is 0.240 e. The summed E-state index contributed by atoms with van der Waals surface area (Å²) >= 11 is 0. The van der Waals surface area contributed by atoms with Crippen LogP contribution in [0, 0.1) is 11.2 Å². The Morgan fingerprint density at radius 3 is 2.24 bits per heavy atom. The molecule has 2 amide bonds. The third kappa shape index (κ3) is 5.94. The van der Waals surface area contributed by atoms with Crippen LogP contribution in [0.3, 0.4) is 0 Å². The molecule has 0 radical (unpaired) electrons. The molecule has 0 spiro atoms. The minimum absolute atomic E-state index is 0.267. The maximum atomic E-state index is 13.3. The van der Waals surface area contributed by atoms with Crippen molar-refractivity contribution < 1.29 is 28.2 Å². The lowest BCUT2D eigenvalue weighted by atomic mass is 9.99. The maximum Gasteiger partial charge on any atom is 0.240 e. The minimum atomic E-state index is -1.12. The van der Waals surface area contributed by atoms with Crippen LogP contribution in [0.15, 0.2) is 72.9 Å². The number of carbonyl (C=O) groups excluding carboxylic acids is 2. The van der Waals surface area contributed by atoms with Crippen LogP contribution in [-0.4, -0.2) is 31.0 Å². The summed E-state index contributed by atoms with van der Waals surface area (Å²) in [5, 5.41) is 6.62. The normalized spacial score (nSPS) is 14.1. The zero-order valence-electron chi connectivity index (χ0n) is 23.2. The van der Waals surface area contributed by atoms with E-state index in [1.54, 1.807) is 32.5 Å². The van der Waals surface area contributed by atoms with Crippen molar-refractivity contribution in [1.82, 2.24) is 10.3 Å². The van der Waals surface area contributed by atoms with E-state index in [9.17, 15) is 14.0 Å². The van der Waals surface area contributed by atoms with Gasteiger partial charge in [0.25, 0.3) is 0 Å². The Morgan fingerprint density at radius 1 is 0.927 bits per heavy atom. The quantitative estimate of drug-likeness (QED) is 0.203. The molecule has 1 heterocycles. The number of rotatable bonds is 11. The highest BCUT2D eigenvalue weighted by Crippen LogP contribution is 2.47. The van der Waals surface area contributed by atoms with Crippen molar-refractivity contribution in [3.05, 3.63) is 84.3 Å². The van der Waals surface area contributed by atoms with Gasteiger partial charge in [-0.25, -0.2) is 4.39 Å². The molecule has 3 aromatic carbocycles. The number of halogens is 1. The number of anilines is 1. The molecule has 1 aliphatic rings. The van der Waals surface area contributed by atoms with E-state index in [-0.39, 0.29) is 17.9 Å². The van der Waals surface area contributed by atoms with E-state index in [0.717, 1.165) is 17.4 Å². The minimum Gasteiger partial charge on any atom is -0.493 e. The Balaban J connectivity index is 1.29. The SMILES string of the molecule is CCCC(NC(=O)C1(C(=O)Nc2ccc(F)cc2)CC1)c1ccc(Oc2ccnc3cc(OC)c(OC)cc23)cc1. The van der Waals surface area contributed by atoms with Crippen molar-refractivity contribution in [3.63, 3.8) is 0 Å². The van der Waals surface area contributed by atoms with E-state index in [2.05, 4.69) is 15.6 Å². The number of hydrogen-bond donors (Lipinski definition) is 2. The molecule has 4 aromatic rings. The van der Waals surface area contributed by atoms with E-state index in [1.807, 2.05) is 37.3 Å². The molecule has 1 saturated carbocycles. The number of fused-ring (bicyclic) bond motifs is 1. The van der Waals surface area contributed by atoms with E-state index in [4.69, 9.17) is 14.2 Å². The summed E-state index contributed by atoms with van der Waals surface area (Å²) in [6, 6.07) is 18.2. The molecule has 0 aliphatic heterocycles. The monoisotopic (exact) mass is 557 g/mol. The number of pyridine rings is 1. The second-order valence-corrected chi connectivity index (χ2v) is 10.1. The van der Waals surface area contributed by atoms with Crippen molar-refractivity contribution in [3.8, 4) is 23.0 Å². The summed E-state index contributed by atoms with van der Waals surface area (Å²) in [5.74, 6) is 1.32. The number of nitrogens with zero attached hydrogens (tertiary/aromatic N) is 1. The number of benzene rings is 3. The summed E-state index contributed by atoms with van der Waals surface area (Å²) in [7, 11) is 3.15. The summed E-state index contributed by atoms with van der Waals surface area (Å²) in [5.41, 5.74) is 0.958.